The molecule has 0 unspecified atom stereocenters. The zero-order chi connectivity index (χ0) is 23.6. The number of hydrogen-bond acceptors (Lipinski definition) is 6. The molecule has 33 heavy (non-hydrogen) atoms. The number of nitrogens with one attached hydrogen (secondary N) is 1. The predicted octanol–water partition coefficient (Wildman–Crippen LogP) is 5.03. The summed E-state index contributed by atoms with van der Waals surface area (Å²) in [5.41, 5.74) is 4.82. The lowest BCUT2D eigenvalue weighted by Gasteiger charge is -2.14. The number of hydrogen-bond donors (Lipinski definition) is 1. The van der Waals surface area contributed by atoms with Crippen molar-refractivity contribution in [3.8, 4) is 11.5 Å². The summed E-state index contributed by atoms with van der Waals surface area (Å²) in [5.74, 6) is 0.800. The molecule has 170 valence electrons. The Bertz CT molecular complexity index is 1130. The smallest absolute Gasteiger partial charge is 0.269 e. The van der Waals surface area contributed by atoms with Crippen LogP contribution in [0.3, 0.4) is 0 Å². The SMILES string of the molecule is CCOc1cc(/C=N/NC(=O)Cc2ccc([N+](=O)[O-])cc2)cc(Br)c1OCc1ccccc1. The maximum Gasteiger partial charge on any atom is 0.269 e. The summed E-state index contributed by atoms with van der Waals surface area (Å²) >= 11 is 3.52. The van der Waals surface area contributed by atoms with Gasteiger partial charge in [0.2, 0.25) is 5.91 Å². The lowest BCUT2D eigenvalue weighted by molar-refractivity contribution is -0.384. The molecule has 1 amide bonds. The highest BCUT2D eigenvalue weighted by Gasteiger charge is 2.12. The fourth-order valence-electron chi connectivity index (χ4n) is 2.93. The van der Waals surface area contributed by atoms with E-state index in [-0.39, 0.29) is 18.0 Å². The molecule has 0 aliphatic rings. The second-order valence-electron chi connectivity index (χ2n) is 6.93. The maximum atomic E-state index is 12.1. The first kappa shape index (κ1) is 23.9. The van der Waals surface area contributed by atoms with Crippen LogP contribution in [0, 0.1) is 10.1 Å². The molecule has 0 fully saturated rings. The van der Waals surface area contributed by atoms with Gasteiger partial charge in [-0.25, -0.2) is 5.43 Å². The minimum absolute atomic E-state index is 0.0240. The number of halogens is 1. The van der Waals surface area contributed by atoms with Crippen molar-refractivity contribution in [2.75, 3.05) is 6.61 Å². The van der Waals surface area contributed by atoms with Crippen LogP contribution in [-0.2, 0) is 17.8 Å². The average molecular weight is 512 g/mol. The number of rotatable bonds is 10. The summed E-state index contributed by atoms with van der Waals surface area (Å²) in [7, 11) is 0. The van der Waals surface area contributed by atoms with E-state index in [9.17, 15) is 14.9 Å². The summed E-state index contributed by atoms with van der Waals surface area (Å²) in [6.45, 7) is 2.74. The number of nitrogens with zero attached hydrogens (tertiary/aromatic N) is 2. The number of carbonyl (C=O) groups is 1. The predicted molar refractivity (Wildman–Crippen MR) is 129 cm³/mol. The molecule has 3 aromatic carbocycles. The Balaban J connectivity index is 1.63. The van der Waals surface area contributed by atoms with Gasteiger partial charge in [-0.15, -0.1) is 0 Å². The molecule has 0 saturated heterocycles. The van der Waals surface area contributed by atoms with Crippen molar-refractivity contribution in [3.05, 3.63) is 98.0 Å². The molecule has 0 aliphatic heterocycles. The van der Waals surface area contributed by atoms with Crippen molar-refractivity contribution in [2.24, 2.45) is 5.10 Å². The second kappa shape index (κ2) is 11.8. The van der Waals surface area contributed by atoms with Gasteiger partial charge in [-0.2, -0.15) is 5.10 Å². The number of hydrazone groups is 1. The third kappa shape index (κ3) is 7.15. The lowest BCUT2D eigenvalue weighted by Crippen LogP contribution is -2.19. The molecule has 9 heteroatoms. The Morgan fingerprint density at radius 1 is 1.09 bits per heavy atom. The Kier molecular flexibility index (Phi) is 8.54. The third-order valence-electron chi connectivity index (χ3n) is 4.47. The van der Waals surface area contributed by atoms with E-state index < -0.39 is 4.92 Å². The van der Waals surface area contributed by atoms with Crippen LogP contribution in [0.2, 0.25) is 0 Å². The molecule has 8 nitrogen and oxygen atoms in total. The molecule has 0 aromatic heterocycles. The zero-order valence-corrected chi connectivity index (χ0v) is 19.4. The fourth-order valence-corrected chi connectivity index (χ4v) is 3.51. The van der Waals surface area contributed by atoms with Crippen LogP contribution in [-0.4, -0.2) is 23.7 Å². The Morgan fingerprint density at radius 2 is 1.82 bits per heavy atom. The monoisotopic (exact) mass is 511 g/mol. The highest BCUT2D eigenvalue weighted by Crippen LogP contribution is 2.37. The van der Waals surface area contributed by atoms with Crippen LogP contribution in [0.15, 0.2) is 76.3 Å². The first-order chi connectivity index (χ1) is 16.0. The summed E-state index contributed by atoms with van der Waals surface area (Å²) < 4.78 is 12.4. The molecular formula is C24H22BrN3O5. The molecular weight excluding hydrogens is 490 g/mol. The van der Waals surface area contributed by atoms with Gasteiger partial charge >= 0.3 is 0 Å². The Hall–Kier alpha value is -3.72. The molecule has 0 bridgehead atoms. The molecule has 0 spiro atoms. The highest BCUT2D eigenvalue weighted by atomic mass is 79.9. The second-order valence-corrected chi connectivity index (χ2v) is 7.79. The minimum Gasteiger partial charge on any atom is -0.490 e. The normalized spacial score (nSPS) is 10.7. The van der Waals surface area contributed by atoms with E-state index in [0.717, 1.165) is 5.56 Å². The minimum atomic E-state index is -0.485. The van der Waals surface area contributed by atoms with Crippen LogP contribution >= 0.6 is 15.9 Å². The highest BCUT2D eigenvalue weighted by molar-refractivity contribution is 9.10. The van der Waals surface area contributed by atoms with Gasteiger partial charge in [0.05, 0.1) is 28.6 Å². The van der Waals surface area contributed by atoms with Crippen molar-refractivity contribution < 1.29 is 19.2 Å². The first-order valence-corrected chi connectivity index (χ1v) is 10.9. The fraction of sp³-hybridized carbons (Fsp3) is 0.167. The van der Waals surface area contributed by atoms with Crippen molar-refractivity contribution in [1.29, 1.82) is 0 Å². The van der Waals surface area contributed by atoms with E-state index in [0.29, 0.717) is 40.3 Å². The van der Waals surface area contributed by atoms with Crippen LogP contribution < -0.4 is 14.9 Å². The molecule has 0 saturated carbocycles. The molecule has 3 rings (SSSR count). The number of non-ortho nitro benzene ring substituents is 1. The Labute approximate surface area is 199 Å². The molecule has 0 radical (unpaired) electrons. The molecule has 0 aliphatic carbocycles. The van der Waals surface area contributed by atoms with Gasteiger partial charge in [0.25, 0.3) is 5.69 Å². The van der Waals surface area contributed by atoms with Crippen LogP contribution in [0.25, 0.3) is 0 Å². The Morgan fingerprint density at radius 3 is 2.48 bits per heavy atom. The van der Waals surface area contributed by atoms with Gasteiger partial charge in [0.15, 0.2) is 11.5 Å². The number of ether oxygens (including phenoxy) is 2. The average Bonchev–Trinajstić information content (AvgIpc) is 2.80. The lowest BCUT2D eigenvalue weighted by atomic mass is 10.1. The van der Waals surface area contributed by atoms with E-state index >= 15 is 0 Å². The molecule has 3 aromatic rings. The zero-order valence-electron chi connectivity index (χ0n) is 17.9. The number of amides is 1. The number of benzene rings is 3. The topological polar surface area (TPSA) is 103 Å². The number of nitro benzene ring substituents is 1. The molecule has 1 N–H and O–H groups in total. The van der Waals surface area contributed by atoms with Crippen LogP contribution in [0.1, 0.15) is 23.6 Å². The largest absolute Gasteiger partial charge is 0.490 e. The van der Waals surface area contributed by atoms with E-state index in [1.54, 1.807) is 18.2 Å². The number of carbonyl (C=O) groups excluding carboxylic acids is 1. The van der Waals surface area contributed by atoms with Gasteiger partial charge in [-0.05, 0) is 51.7 Å². The van der Waals surface area contributed by atoms with Crippen molar-refractivity contribution >= 4 is 33.7 Å². The molecule has 0 heterocycles. The van der Waals surface area contributed by atoms with Crippen LogP contribution in [0.5, 0.6) is 11.5 Å². The summed E-state index contributed by atoms with van der Waals surface area (Å²) in [6, 6.07) is 19.2. The standard InChI is InChI=1S/C24H22BrN3O5/c1-2-32-22-13-19(12-21(25)24(22)33-16-18-6-4-3-5-7-18)15-26-27-23(29)14-17-8-10-20(11-9-17)28(30)31/h3-13,15H,2,14,16H2,1H3,(H,27,29)/b26-15+. The van der Waals surface area contributed by atoms with E-state index in [4.69, 9.17) is 9.47 Å². The summed E-state index contributed by atoms with van der Waals surface area (Å²) in [5, 5.41) is 14.7. The van der Waals surface area contributed by atoms with Gasteiger partial charge in [0, 0.05) is 12.1 Å². The molecule has 0 atom stereocenters. The van der Waals surface area contributed by atoms with Gasteiger partial charge in [0.1, 0.15) is 6.61 Å². The van der Waals surface area contributed by atoms with Crippen molar-refractivity contribution in [1.82, 2.24) is 5.43 Å². The third-order valence-corrected chi connectivity index (χ3v) is 5.06. The number of nitro groups is 1. The van der Waals surface area contributed by atoms with E-state index in [1.165, 1.54) is 18.3 Å². The van der Waals surface area contributed by atoms with Gasteiger partial charge < -0.3 is 9.47 Å². The summed E-state index contributed by atoms with van der Waals surface area (Å²) in [4.78, 5) is 22.3. The van der Waals surface area contributed by atoms with E-state index in [2.05, 4.69) is 26.5 Å². The quantitative estimate of drug-likeness (QED) is 0.233. The van der Waals surface area contributed by atoms with Gasteiger partial charge in [-0.1, -0.05) is 42.5 Å². The first-order valence-electron chi connectivity index (χ1n) is 10.1. The maximum absolute atomic E-state index is 12.1. The van der Waals surface area contributed by atoms with E-state index in [1.807, 2.05) is 43.3 Å². The van der Waals surface area contributed by atoms with Crippen molar-refractivity contribution in [2.45, 2.75) is 20.0 Å². The van der Waals surface area contributed by atoms with Crippen molar-refractivity contribution in [3.63, 3.8) is 0 Å². The van der Waals surface area contributed by atoms with Gasteiger partial charge in [-0.3, -0.25) is 14.9 Å². The summed E-state index contributed by atoms with van der Waals surface area (Å²) in [6.07, 6.45) is 1.55. The van der Waals surface area contributed by atoms with Crippen LogP contribution in [0.4, 0.5) is 5.69 Å².